The average molecular weight is 513 g/mol. The molecule has 4 rings (SSSR count). The van der Waals surface area contributed by atoms with E-state index in [1.165, 1.54) is 0 Å². The van der Waals surface area contributed by atoms with Gasteiger partial charge >= 0.3 is 0 Å². The van der Waals surface area contributed by atoms with Crippen molar-refractivity contribution in [2.45, 2.75) is 39.5 Å². The summed E-state index contributed by atoms with van der Waals surface area (Å²) in [5, 5.41) is 11.4. The van der Waals surface area contributed by atoms with Crippen molar-refractivity contribution in [2.75, 3.05) is 24.6 Å². The maximum atomic E-state index is 9.11. The Morgan fingerprint density at radius 1 is 1.23 bits per heavy atom. The molecule has 0 radical (unpaired) electrons. The summed E-state index contributed by atoms with van der Waals surface area (Å²) in [6.45, 7) is 6.24. The number of hydrogen-bond donors (Lipinski definition) is 1. The Kier molecular flexibility index (Phi) is 6.58. The van der Waals surface area contributed by atoms with Crippen LogP contribution in [-0.4, -0.2) is 39.3 Å². The Morgan fingerprint density at radius 3 is 2.63 bits per heavy atom. The molecule has 3 aromatic rings. The van der Waals surface area contributed by atoms with Crippen LogP contribution in [0.4, 0.5) is 5.82 Å². The lowest BCUT2D eigenvalue weighted by molar-refractivity contribution is -0.288. The second-order valence-corrected chi connectivity index (χ2v) is 9.77. The molecule has 1 N–H and O–H groups in total. The number of piperidine rings is 1. The summed E-state index contributed by atoms with van der Waals surface area (Å²) in [7, 11) is 0. The first-order valence-electron chi connectivity index (χ1n) is 10.3. The highest BCUT2D eigenvalue weighted by Gasteiger charge is 2.26. The molecule has 0 atom stereocenters. The summed E-state index contributed by atoms with van der Waals surface area (Å²) in [6.07, 6.45) is 6.29. The van der Waals surface area contributed by atoms with Gasteiger partial charge in [0.25, 0.3) is 5.02 Å². The van der Waals surface area contributed by atoms with E-state index < -0.39 is 0 Å². The standard InChI is InChI=1S/C22H26BrCl2N4O/c1-13-12-29(20-17(24)10-16(23)11-18(20)25)22-19(13)21(26-14(2)27-22)28-7-5-15(6-8-28)4-3-9-30/h10-12,15,24,30H,3-9H2,1-2H3/q+1. The fraction of sp³-hybridized carbons (Fsp3) is 0.455. The quantitative estimate of drug-likeness (QED) is 0.514. The van der Waals surface area contributed by atoms with Gasteiger partial charge in [0.2, 0.25) is 0 Å². The molecule has 0 saturated carbocycles. The number of fused-ring (bicyclic) bond motifs is 1. The Labute approximate surface area is 195 Å². The first kappa shape index (κ1) is 21.9. The average Bonchev–Trinajstić information content (AvgIpc) is 3.01. The zero-order valence-electron chi connectivity index (χ0n) is 17.2. The normalized spacial score (nSPS) is 15.3. The molecule has 1 aliphatic rings. The first-order chi connectivity index (χ1) is 14.4. The second-order valence-electron chi connectivity index (χ2n) is 8.01. The molecule has 1 saturated heterocycles. The summed E-state index contributed by atoms with van der Waals surface area (Å²) in [4.78, 5) is 12.0. The molecule has 0 bridgehead atoms. The van der Waals surface area contributed by atoms with E-state index in [-0.39, 0.29) is 6.61 Å². The van der Waals surface area contributed by atoms with Crippen molar-refractivity contribution in [3.63, 3.8) is 0 Å². The zero-order valence-corrected chi connectivity index (χ0v) is 20.3. The Morgan fingerprint density at radius 2 is 1.97 bits per heavy atom. The summed E-state index contributed by atoms with van der Waals surface area (Å²) >= 11 is 15.7. The lowest BCUT2D eigenvalue weighted by Gasteiger charge is -2.33. The molecule has 1 aromatic carbocycles. The van der Waals surface area contributed by atoms with Gasteiger partial charge in [0, 0.05) is 36.4 Å². The summed E-state index contributed by atoms with van der Waals surface area (Å²) < 4.78 is 2.87. The van der Waals surface area contributed by atoms with Crippen molar-refractivity contribution in [3.05, 3.63) is 44.2 Å². The molecule has 1 aliphatic heterocycles. The molecule has 0 spiro atoms. The molecule has 30 heavy (non-hydrogen) atoms. The maximum absolute atomic E-state index is 9.11. The third kappa shape index (κ3) is 4.20. The van der Waals surface area contributed by atoms with Crippen molar-refractivity contribution in [2.24, 2.45) is 5.92 Å². The molecule has 5 nitrogen and oxygen atoms in total. The summed E-state index contributed by atoms with van der Waals surface area (Å²) in [5.74, 6) is 2.41. The van der Waals surface area contributed by atoms with Gasteiger partial charge in [0.05, 0.1) is 10.4 Å². The number of hydrogen-bond acceptors (Lipinski definition) is 4. The van der Waals surface area contributed by atoms with Crippen LogP contribution in [-0.2, 0) is 0 Å². The number of aliphatic hydroxyl groups excluding tert-OH is 1. The summed E-state index contributed by atoms with van der Waals surface area (Å²) in [6, 6.07) is 3.75. The van der Waals surface area contributed by atoms with E-state index in [1.807, 2.05) is 23.6 Å². The van der Waals surface area contributed by atoms with Gasteiger partial charge in [-0.2, -0.15) is 0 Å². The summed E-state index contributed by atoms with van der Waals surface area (Å²) in [5.41, 5.74) is 2.73. The predicted octanol–water partition coefficient (Wildman–Crippen LogP) is 5.14. The number of aryl methyl sites for hydroxylation is 2. The minimum Gasteiger partial charge on any atom is -0.396 e. The molecule has 160 valence electrons. The molecule has 0 amide bonds. The Balaban J connectivity index is 1.76. The maximum Gasteiger partial charge on any atom is 0.252 e. The molecule has 3 heterocycles. The van der Waals surface area contributed by atoms with Crippen LogP contribution in [0.1, 0.15) is 37.1 Å². The van der Waals surface area contributed by atoms with Gasteiger partial charge in [0.15, 0.2) is 17.2 Å². The minimum atomic E-state index is 0.280. The van der Waals surface area contributed by atoms with Crippen molar-refractivity contribution in [1.29, 1.82) is 0 Å². The van der Waals surface area contributed by atoms with E-state index in [0.29, 0.717) is 16.0 Å². The molecular weight excluding hydrogens is 487 g/mol. The molecule has 1 fully saturated rings. The number of benzene rings is 1. The van der Waals surface area contributed by atoms with E-state index in [1.54, 1.807) is 0 Å². The van der Waals surface area contributed by atoms with E-state index in [4.69, 9.17) is 38.3 Å². The van der Waals surface area contributed by atoms with E-state index >= 15 is 0 Å². The van der Waals surface area contributed by atoms with Gasteiger partial charge in [-0.05, 0) is 57.1 Å². The topological polar surface area (TPSA) is 54.2 Å². The minimum absolute atomic E-state index is 0.280. The SMILES string of the molecule is Cc1nc(N2CCC(CCCO)CC2)c2c(C)cn(-c3c(Cl)cc(Br)cc3[ClH+])c2n1. The predicted molar refractivity (Wildman–Crippen MR) is 123 cm³/mol. The van der Waals surface area contributed by atoms with E-state index in [2.05, 4.69) is 34.0 Å². The van der Waals surface area contributed by atoms with Crippen LogP contribution in [0.15, 0.2) is 22.8 Å². The molecular formula is C22H26BrCl2N4O+. The number of aromatic nitrogens is 3. The molecule has 8 heteroatoms. The lowest BCUT2D eigenvalue weighted by atomic mass is 9.92. The fourth-order valence-electron chi connectivity index (χ4n) is 4.38. The van der Waals surface area contributed by atoms with Crippen molar-refractivity contribution < 1.29 is 16.7 Å². The number of anilines is 1. The van der Waals surface area contributed by atoms with Gasteiger partial charge in [0.1, 0.15) is 17.3 Å². The van der Waals surface area contributed by atoms with Crippen LogP contribution < -0.4 is 4.90 Å². The first-order valence-corrected chi connectivity index (χ1v) is 11.9. The van der Waals surface area contributed by atoms with Crippen LogP contribution in [0.25, 0.3) is 16.7 Å². The lowest BCUT2D eigenvalue weighted by Crippen LogP contribution is -2.34. The van der Waals surface area contributed by atoms with Crippen LogP contribution in [0.5, 0.6) is 0 Å². The van der Waals surface area contributed by atoms with E-state index in [9.17, 15) is 0 Å². The second kappa shape index (κ2) is 9.03. The highest BCUT2D eigenvalue weighted by atomic mass is 79.9. The fourth-order valence-corrected chi connectivity index (χ4v) is 5.82. The van der Waals surface area contributed by atoms with E-state index in [0.717, 1.165) is 77.2 Å². The van der Waals surface area contributed by atoms with Crippen LogP contribution in [0.2, 0.25) is 10.0 Å². The van der Waals surface area contributed by atoms with Crippen molar-refractivity contribution >= 4 is 44.4 Å². The van der Waals surface area contributed by atoms with Gasteiger partial charge < -0.3 is 10.0 Å². The molecule has 0 unspecified atom stereocenters. The third-order valence-electron chi connectivity index (χ3n) is 5.85. The Bertz CT molecular complexity index is 1050. The van der Waals surface area contributed by atoms with Gasteiger partial charge in [-0.3, -0.25) is 4.57 Å². The van der Waals surface area contributed by atoms with Crippen molar-refractivity contribution in [3.8, 4) is 5.69 Å². The smallest absolute Gasteiger partial charge is 0.252 e. The number of nitrogens with zero attached hydrogens (tertiary/aromatic N) is 4. The molecule has 2 aromatic heterocycles. The third-order valence-corrected chi connectivity index (χ3v) is 6.90. The van der Waals surface area contributed by atoms with Crippen LogP contribution in [0.3, 0.4) is 0 Å². The molecule has 0 aliphatic carbocycles. The van der Waals surface area contributed by atoms with Gasteiger partial charge in [-0.1, -0.05) is 27.5 Å². The van der Waals surface area contributed by atoms with Crippen LogP contribution >= 0.6 is 27.5 Å². The van der Waals surface area contributed by atoms with Gasteiger partial charge in [-0.25, -0.2) is 9.97 Å². The van der Waals surface area contributed by atoms with Crippen LogP contribution in [0, 0.1) is 31.4 Å². The van der Waals surface area contributed by atoms with Crippen molar-refractivity contribution in [1.82, 2.24) is 14.5 Å². The largest absolute Gasteiger partial charge is 0.396 e. The number of aliphatic hydroxyl groups is 1. The number of halogens is 3. The number of rotatable bonds is 5. The Hall–Kier alpha value is -1.34. The van der Waals surface area contributed by atoms with Gasteiger partial charge in [-0.15, -0.1) is 0 Å². The highest BCUT2D eigenvalue weighted by molar-refractivity contribution is 9.10. The highest BCUT2D eigenvalue weighted by Crippen LogP contribution is 2.37. The monoisotopic (exact) mass is 511 g/mol. The zero-order chi connectivity index (χ0) is 21.4.